The molecule has 12 nitrogen and oxygen atoms in total. The van der Waals surface area contributed by atoms with E-state index in [2.05, 4.69) is 20.8 Å². The van der Waals surface area contributed by atoms with E-state index in [4.69, 9.17) is 25.6 Å². The number of terminal acetylenes is 1. The highest BCUT2D eigenvalue weighted by atomic mass is 19.4. The van der Waals surface area contributed by atoms with Gasteiger partial charge in [0.25, 0.3) is 0 Å². The van der Waals surface area contributed by atoms with Crippen LogP contribution in [-0.4, -0.2) is 125 Å². The standard InChI is InChI=1S/C41H42F5N7O5/c1-5-27-29(42)14-11-23-9-7-10-28(30(23)27)33-32(43)34-31(36(47-33)56-6-2)35(51-19-24-12-13-25(20-51)53(24)37(54)41(44,45)46)49-38(48-34)58-22-40-16-8-18-52(40)26(15-17-40)21-57-39(55)50(3)4/h1,7,9-11,14,24-26H,6,8,12-13,15-22H2,2-4H3/t24?,25?,26-,40-/m1/s1. The molecule has 4 atom stereocenters. The van der Waals surface area contributed by atoms with Crippen molar-refractivity contribution in [2.45, 2.75) is 75.3 Å². The molecule has 4 aliphatic rings. The molecule has 2 aromatic carbocycles. The lowest BCUT2D eigenvalue weighted by Gasteiger charge is -2.42. The fourth-order valence-electron chi connectivity index (χ4n) is 9.35. The third-order valence-electron chi connectivity index (χ3n) is 11.9. The molecule has 306 valence electrons. The summed E-state index contributed by atoms with van der Waals surface area (Å²) in [5.41, 5.74) is -0.767. The number of hydrogen-bond donors (Lipinski definition) is 0. The normalized spacial score (nSPS) is 23.0. The zero-order chi connectivity index (χ0) is 41.1. The Bertz CT molecular complexity index is 2320. The second-order valence-electron chi connectivity index (χ2n) is 15.5. The largest absolute Gasteiger partial charge is 0.477 e. The highest BCUT2D eigenvalue weighted by molar-refractivity contribution is 6.03. The number of nitrogens with zero attached hydrogens (tertiary/aromatic N) is 7. The second-order valence-corrected chi connectivity index (χ2v) is 15.5. The van der Waals surface area contributed by atoms with Gasteiger partial charge in [0.2, 0.25) is 5.88 Å². The van der Waals surface area contributed by atoms with E-state index in [9.17, 15) is 22.8 Å². The molecule has 6 heterocycles. The third-order valence-corrected chi connectivity index (χ3v) is 11.9. The SMILES string of the molecule is C#Cc1c(F)ccc2cccc(-c3nc(OCC)c4c(N5CC6CCC(C5)N6C(=O)C(F)(F)F)nc(OC[C@]56CCCN5[C@@H](COC(=O)N(C)C)CC6)nc4c3F)c12. The van der Waals surface area contributed by atoms with Crippen LogP contribution in [0.2, 0.25) is 0 Å². The monoisotopic (exact) mass is 807 g/mol. The zero-order valence-corrected chi connectivity index (χ0v) is 32.2. The number of piperazine rings is 1. The molecule has 58 heavy (non-hydrogen) atoms. The van der Waals surface area contributed by atoms with Crippen LogP contribution < -0.4 is 14.4 Å². The molecule has 17 heteroatoms. The first-order valence-electron chi connectivity index (χ1n) is 19.3. The van der Waals surface area contributed by atoms with Gasteiger partial charge in [-0.25, -0.2) is 18.6 Å². The number of halogens is 5. The Morgan fingerprint density at radius 3 is 2.45 bits per heavy atom. The van der Waals surface area contributed by atoms with Gasteiger partial charge in [0.1, 0.15) is 41.4 Å². The molecule has 4 aliphatic heterocycles. The van der Waals surface area contributed by atoms with E-state index in [0.717, 1.165) is 37.1 Å². The first kappa shape index (κ1) is 39.3. The number of pyridine rings is 1. The van der Waals surface area contributed by atoms with Crippen LogP contribution in [-0.2, 0) is 9.53 Å². The average molecular weight is 808 g/mol. The summed E-state index contributed by atoms with van der Waals surface area (Å²) in [6, 6.07) is 5.95. The van der Waals surface area contributed by atoms with Crippen LogP contribution in [0, 0.1) is 24.0 Å². The fraction of sp³-hybridized carbons (Fsp3) is 0.488. The smallest absolute Gasteiger partial charge is 0.471 e. The van der Waals surface area contributed by atoms with Gasteiger partial charge in [0.05, 0.1) is 29.8 Å². The topological polar surface area (TPSA) is 113 Å². The predicted molar refractivity (Wildman–Crippen MR) is 203 cm³/mol. The van der Waals surface area contributed by atoms with Crippen molar-refractivity contribution in [2.75, 3.05) is 58.5 Å². The van der Waals surface area contributed by atoms with Crippen LogP contribution >= 0.6 is 0 Å². The third kappa shape index (κ3) is 6.74. The lowest BCUT2D eigenvalue weighted by Crippen LogP contribution is -2.59. The molecule has 2 bridgehead atoms. The number of anilines is 1. The van der Waals surface area contributed by atoms with E-state index in [1.54, 1.807) is 44.1 Å². The van der Waals surface area contributed by atoms with E-state index in [1.807, 2.05) is 0 Å². The van der Waals surface area contributed by atoms with Gasteiger partial charge in [-0.15, -0.1) is 6.42 Å². The molecule has 0 saturated carbocycles. The van der Waals surface area contributed by atoms with Crippen LogP contribution in [0.1, 0.15) is 51.0 Å². The van der Waals surface area contributed by atoms with Crippen LogP contribution in [0.4, 0.5) is 32.6 Å². The molecule has 2 unspecified atom stereocenters. The first-order chi connectivity index (χ1) is 27.7. The van der Waals surface area contributed by atoms with Crippen LogP contribution in [0.5, 0.6) is 11.9 Å². The van der Waals surface area contributed by atoms with Gasteiger partial charge in [0.15, 0.2) is 5.82 Å². The summed E-state index contributed by atoms with van der Waals surface area (Å²) in [5, 5.41) is 0.878. The van der Waals surface area contributed by atoms with Crippen LogP contribution in [0.25, 0.3) is 32.9 Å². The highest BCUT2D eigenvalue weighted by Crippen LogP contribution is 2.45. The quantitative estimate of drug-likeness (QED) is 0.141. The molecule has 0 spiro atoms. The number of benzene rings is 2. The molecule has 4 fully saturated rings. The first-order valence-corrected chi connectivity index (χ1v) is 19.3. The number of hydrogen-bond acceptors (Lipinski definition) is 10. The Kier molecular flexibility index (Phi) is 10.2. The minimum Gasteiger partial charge on any atom is -0.477 e. The molecule has 0 N–H and O–H groups in total. The summed E-state index contributed by atoms with van der Waals surface area (Å²) < 4.78 is 91.5. The van der Waals surface area contributed by atoms with Crippen molar-refractivity contribution in [3.63, 3.8) is 0 Å². The maximum absolute atomic E-state index is 17.4. The Balaban J connectivity index is 1.23. The van der Waals surface area contributed by atoms with Crippen molar-refractivity contribution in [1.82, 2.24) is 29.7 Å². The Morgan fingerprint density at radius 2 is 1.76 bits per heavy atom. The molecular weight excluding hydrogens is 765 g/mol. The molecule has 0 aliphatic carbocycles. The summed E-state index contributed by atoms with van der Waals surface area (Å²) in [5.74, 6) is -1.00. The van der Waals surface area contributed by atoms with Crippen molar-refractivity contribution in [2.24, 2.45) is 0 Å². The molecule has 4 saturated heterocycles. The number of fused-ring (bicyclic) bond motifs is 5. The molecule has 2 aromatic heterocycles. The molecule has 0 radical (unpaired) electrons. The van der Waals surface area contributed by atoms with Crippen LogP contribution in [0.15, 0.2) is 30.3 Å². The van der Waals surface area contributed by atoms with Crippen LogP contribution in [0.3, 0.4) is 0 Å². The van der Waals surface area contributed by atoms with Gasteiger partial charge >= 0.3 is 24.2 Å². The number of carbonyl (C=O) groups is 2. The maximum atomic E-state index is 17.4. The van der Waals surface area contributed by atoms with Crippen molar-refractivity contribution >= 4 is 39.5 Å². The highest BCUT2D eigenvalue weighted by Gasteiger charge is 2.53. The van der Waals surface area contributed by atoms with E-state index in [0.29, 0.717) is 18.2 Å². The van der Waals surface area contributed by atoms with E-state index < -0.39 is 47.4 Å². The minimum atomic E-state index is -5.04. The van der Waals surface area contributed by atoms with E-state index in [-0.39, 0.29) is 89.8 Å². The zero-order valence-electron chi connectivity index (χ0n) is 32.2. The predicted octanol–water partition coefficient (Wildman–Crippen LogP) is 6.32. The Hall–Kier alpha value is -5.50. The second kappa shape index (κ2) is 15.0. The van der Waals surface area contributed by atoms with Crippen molar-refractivity contribution in [1.29, 1.82) is 0 Å². The molecule has 2 amide bonds. The number of carbonyl (C=O) groups excluding carboxylic acids is 2. The van der Waals surface area contributed by atoms with E-state index >= 15 is 8.78 Å². The van der Waals surface area contributed by atoms with Gasteiger partial charge in [-0.1, -0.05) is 30.2 Å². The Morgan fingerprint density at radius 1 is 1.00 bits per heavy atom. The summed E-state index contributed by atoms with van der Waals surface area (Å²) in [6.45, 7) is 2.84. The molecule has 8 rings (SSSR count). The van der Waals surface area contributed by atoms with Gasteiger partial charge in [-0.3, -0.25) is 9.69 Å². The number of ether oxygens (including phenoxy) is 3. The number of aromatic nitrogens is 3. The Labute approximate surface area is 331 Å². The van der Waals surface area contributed by atoms with Gasteiger partial charge in [-0.2, -0.15) is 23.1 Å². The molecule has 4 aromatic rings. The summed E-state index contributed by atoms with van der Waals surface area (Å²) >= 11 is 0. The van der Waals surface area contributed by atoms with E-state index in [1.165, 1.54) is 17.0 Å². The molecular formula is C41H42F5N7O5. The fourth-order valence-corrected chi connectivity index (χ4v) is 9.35. The van der Waals surface area contributed by atoms with Gasteiger partial charge in [0, 0.05) is 44.2 Å². The van der Waals surface area contributed by atoms with Gasteiger partial charge < -0.3 is 28.9 Å². The van der Waals surface area contributed by atoms with Crippen molar-refractivity contribution < 1.29 is 45.8 Å². The average Bonchev–Trinajstić information content (AvgIpc) is 3.85. The van der Waals surface area contributed by atoms with Gasteiger partial charge in [-0.05, 0) is 63.4 Å². The summed E-state index contributed by atoms with van der Waals surface area (Å²) in [4.78, 5) is 45.1. The maximum Gasteiger partial charge on any atom is 0.471 e. The van der Waals surface area contributed by atoms with Crippen molar-refractivity contribution in [3.05, 3.63) is 47.5 Å². The number of amides is 2. The number of alkyl halides is 3. The van der Waals surface area contributed by atoms with Crippen molar-refractivity contribution in [3.8, 4) is 35.5 Å². The number of rotatable bonds is 9. The lowest BCUT2D eigenvalue weighted by molar-refractivity contribution is -0.188. The lowest BCUT2D eigenvalue weighted by atomic mass is 9.95. The summed E-state index contributed by atoms with van der Waals surface area (Å²) in [7, 11) is 3.23. The minimum absolute atomic E-state index is 0.0298. The summed E-state index contributed by atoms with van der Waals surface area (Å²) in [6.07, 6.45) is 4.11.